The molecule has 0 bridgehead atoms. The number of hydrogen-bond donors (Lipinski definition) is 1. The first-order chi connectivity index (χ1) is 11.5. The van der Waals surface area contributed by atoms with E-state index in [1.54, 1.807) is 0 Å². The third-order valence-corrected chi connectivity index (χ3v) is 4.47. The SMILES string of the molecule is CC(C)c1ncc(Cl)c(C(=O)N[C@@H](C)[C@@H]2COc3ccccc32)n1. The van der Waals surface area contributed by atoms with Gasteiger partial charge in [-0.3, -0.25) is 4.79 Å². The Hall–Kier alpha value is -2.14. The van der Waals surface area contributed by atoms with Crippen LogP contribution in [-0.2, 0) is 0 Å². The van der Waals surface area contributed by atoms with Gasteiger partial charge < -0.3 is 10.1 Å². The highest BCUT2D eigenvalue weighted by atomic mass is 35.5. The van der Waals surface area contributed by atoms with Crippen LogP contribution in [0.15, 0.2) is 30.5 Å². The molecule has 1 amide bonds. The number of amides is 1. The van der Waals surface area contributed by atoms with Gasteiger partial charge in [0.1, 0.15) is 17.3 Å². The maximum atomic E-state index is 12.6. The molecule has 0 saturated carbocycles. The molecule has 2 heterocycles. The summed E-state index contributed by atoms with van der Waals surface area (Å²) in [5.74, 6) is 1.43. The minimum absolute atomic E-state index is 0.102. The van der Waals surface area contributed by atoms with Gasteiger partial charge in [0.05, 0.1) is 17.8 Å². The molecule has 1 aliphatic heterocycles. The van der Waals surface area contributed by atoms with Gasteiger partial charge in [-0.25, -0.2) is 9.97 Å². The van der Waals surface area contributed by atoms with Gasteiger partial charge in [0.15, 0.2) is 0 Å². The molecule has 0 spiro atoms. The summed E-state index contributed by atoms with van der Waals surface area (Å²) in [7, 11) is 0. The Morgan fingerprint density at radius 3 is 2.83 bits per heavy atom. The van der Waals surface area contributed by atoms with E-state index in [0.29, 0.717) is 12.4 Å². The van der Waals surface area contributed by atoms with E-state index in [-0.39, 0.29) is 34.5 Å². The van der Waals surface area contributed by atoms with Gasteiger partial charge in [0.2, 0.25) is 0 Å². The molecule has 6 heteroatoms. The van der Waals surface area contributed by atoms with E-state index >= 15 is 0 Å². The minimum Gasteiger partial charge on any atom is -0.493 e. The number of halogens is 1. The van der Waals surface area contributed by atoms with Crippen molar-refractivity contribution in [2.75, 3.05) is 6.61 Å². The van der Waals surface area contributed by atoms with Crippen molar-refractivity contribution < 1.29 is 9.53 Å². The monoisotopic (exact) mass is 345 g/mol. The zero-order valence-corrected chi connectivity index (χ0v) is 14.7. The Kier molecular flexibility index (Phi) is 4.71. The summed E-state index contributed by atoms with van der Waals surface area (Å²) < 4.78 is 5.69. The number of aromatic nitrogens is 2. The molecule has 126 valence electrons. The molecule has 0 unspecified atom stereocenters. The second kappa shape index (κ2) is 6.77. The Morgan fingerprint density at radius 2 is 2.08 bits per heavy atom. The Bertz CT molecular complexity index is 764. The predicted octanol–water partition coefficient (Wildman–Crippen LogP) is 3.55. The maximum absolute atomic E-state index is 12.6. The number of fused-ring (bicyclic) bond motifs is 1. The van der Waals surface area contributed by atoms with E-state index in [2.05, 4.69) is 15.3 Å². The lowest BCUT2D eigenvalue weighted by Crippen LogP contribution is -2.38. The molecular weight excluding hydrogens is 326 g/mol. The van der Waals surface area contributed by atoms with Crippen molar-refractivity contribution in [3.63, 3.8) is 0 Å². The highest BCUT2D eigenvalue weighted by molar-refractivity contribution is 6.33. The predicted molar refractivity (Wildman–Crippen MR) is 92.7 cm³/mol. The van der Waals surface area contributed by atoms with E-state index < -0.39 is 0 Å². The maximum Gasteiger partial charge on any atom is 0.271 e. The Morgan fingerprint density at radius 1 is 1.33 bits per heavy atom. The van der Waals surface area contributed by atoms with E-state index in [9.17, 15) is 4.79 Å². The van der Waals surface area contributed by atoms with Crippen LogP contribution in [0.3, 0.4) is 0 Å². The molecule has 0 saturated heterocycles. The van der Waals surface area contributed by atoms with Gasteiger partial charge in [-0.1, -0.05) is 43.6 Å². The third kappa shape index (κ3) is 3.22. The lowest BCUT2D eigenvalue weighted by Gasteiger charge is -2.20. The normalized spacial score (nSPS) is 17.3. The Balaban J connectivity index is 1.77. The number of rotatable bonds is 4. The van der Waals surface area contributed by atoms with Crippen LogP contribution in [0.4, 0.5) is 0 Å². The fourth-order valence-electron chi connectivity index (χ4n) is 2.80. The molecule has 3 rings (SSSR count). The number of carbonyl (C=O) groups excluding carboxylic acids is 1. The third-order valence-electron chi connectivity index (χ3n) is 4.19. The van der Waals surface area contributed by atoms with E-state index in [0.717, 1.165) is 11.3 Å². The van der Waals surface area contributed by atoms with Crippen molar-refractivity contribution in [1.82, 2.24) is 15.3 Å². The summed E-state index contributed by atoms with van der Waals surface area (Å²) in [5.41, 5.74) is 1.33. The molecule has 24 heavy (non-hydrogen) atoms. The quantitative estimate of drug-likeness (QED) is 0.920. The van der Waals surface area contributed by atoms with Crippen molar-refractivity contribution in [2.45, 2.75) is 38.6 Å². The van der Waals surface area contributed by atoms with Gasteiger partial charge in [0.25, 0.3) is 5.91 Å². The highest BCUT2D eigenvalue weighted by Gasteiger charge is 2.30. The van der Waals surface area contributed by atoms with Crippen LogP contribution in [0.25, 0.3) is 0 Å². The number of benzene rings is 1. The first kappa shape index (κ1) is 16.7. The van der Waals surface area contributed by atoms with Crippen molar-refractivity contribution in [2.24, 2.45) is 0 Å². The number of hydrogen-bond acceptors (Lipinski definition) is 4. The van der Waals surface area contributed by atoms with Crippen molar-refractivity contribution in [3.8, 4) is 5.75 Å². The molecule has 5 nitrogen and oxygen atoms in total. The molecule has 1 N–H and O–H groups in total. The lowest BCUT2D eigenvalue weighted by molar-refractivity contribution is 0.0927. The van der Waals surface area contributed by atoms with Crippen molar-refractivity contribution >= 4 is 17.5 Å². The second-order valence-corrected chi connectivity index (χ2v) is 6.70. The number of carbonyl (C=O) groups is 1. The molecule has 1 aliphatic rings. The van der Waals surface area contributed by atoms with Crippen LogP contribution < -0.4 is 10.1 Å². The fraction of sp³-hybridized carbons (Fsp3) is 0.389. The molecule has 0 fully saturated rings. The summed E-state index contributed by atoms with van der Waals surface area (Å²) in [4.78, 5) is 21.1. The van der Waals surface area contributed by atoms with E-state index in [4.69, 9.17) is 16.3 Å². The largest absolute Gasteiger partial charge is 0.493 e. The average Bonchev–Trinajstić information content (AvgIpc) is 2.99. The van der Waals surface area contributed by atoms with Crippen LogP contribution in [0.1, 0.15) is 54.5 Å². The van der Waals surface area contributed by atoms with E-state index in [1.807, 2.05) is 45.0 Å². The highest BCUT2D eigenvalue weighted by Crippen LogP contribution is 2.35. The summed E-state index contributed by atoms with van der Waals surface area (Å²) >= 11 is 6.11. The zero-order valence-electron chi connectivity index (χ0n) is 13.9. The smallest absolute Gasteiger partial charge is 0.271 e. The summed E-state index contributed by atoms with van der Waals surface area (Å²) in [5, 5.41) is 3.25. The molecule has 1 aromatic carbocycles. The molecule has 1 aromatic heterocycles. The first-order valence-electron chi connectivity index (χ1n) is 8.02. The topological polar surface area (TPSA) is 64.1 Å². The molecule has 2 atom stereocenters. The number of nitrogens with one attached hydrogen (secondary N) is 1. The van der Waals surface area contributed by atoms with E-state index in [1.165, 1.54) is 6.20 Å². The standard InChI is InChI=1S/C18H20ClN3O2/c1-10(2)17-20-8-14(19)16(22-17)18(23)21-11(3)13-9-24-15-7-5-4-6-12(13)15/h4-8,10-11,13H,9H2,1-3H3,(H,21,23)/t11-,13-/m0/s1. The van der Waals surface area contributed by atoms with Crippen LogP contribution in [0.5, 0.6) is 5.75 Å². The minimum atomic E-state index is -0.291. The van der Waals surface area contributed by atoms with Gasteiger partial charge >= 0.3 is 0 Å². The van der Waals surface area contributed by atoms with Crippen LogP contribution in [0.2, 0.25) is 5.02 Å². The first-order valence-corrected chi connectivity index (χ1v) is 8.40. The molecule has 0 radical (unpaired) electrons. The summed E-state index contributed by atoms with van der Waals surface area (Å²) in [6.45, 7) is 6.46. The number of nitrogens with zero attached hydrogens (tertiary/aromatic N) is 2. The second-order valence-electron chi connectivity index (χ2n) is 6.30. The molecule has 0 aliphatic carbocycles. The lowest BCUT2D eigenvalue weighted by atomic mass is 9.94. The summed E-state index contributed by atoms with van der Waals surface area (Å²) in [6.07, 6.45) is 1.48. The van der Waals surface area contributed by atoms with Gasteiger partial charge in [0, 0.05) is 23.4 Å². The Labute approximate surface area is 146 Å². The number of ether oxygens (including phenoxy) is 1. The van der Waals surface area contributed by atoms with Gasteiger partial charge in [-0.05, 0) is 13.0 Å². The van der Waals surface area contributed by atoms with Crippen molar-refractivity contribution in [3.05, 3.63) is 52.6 Å². The zero-order chi connectivity index (χ0) is 17.3. The van der Waals surface area contributed by atoms with Gasteiger partial charge in [-0.2, -0.15) is 0 Å². The fourth-order valence-corrected chi connectivity index (χ4v) is 2.97. The molecule has 2 aromatic rings. The van der Waals surface area contributed by atoms with Gasteiger partial charge in [-0.15, -0.1) is 0 Å². The summed E-state index contributed by atoms with van der Waals surface area (Å²) in [6, 6.07) is 7.79. The van der Waals surface area contributed by atoms with Crippen LogP contribution >= 0.6 is 11.6 Å². The van der Waals surface area contributed by atoms with Crippen molar-refractivity contribution in [1.29, 1.82) is 0 Å². The van der Waals surface area contributed by atoms with Crippen LogP contribution in [0, 0.1) is 0 Å². The number of para-hydroxylation sites is 1. The van der Waals surface area contributed by atoms with Crippen LogP contribution in [-0.4, -0.2) is 28.5 Å². The average molecular weight is 346 g/mol. The molecular formula is C18H20ClN3O2.